The summed E-state index contributed by atoms with van der Waals surface area (Å²) in [6.07, 6.45) is 17.3. The van der Waals surface area contributed by atoms with E-state index in [9.17, 15) is 4.39 Å². The average Bonchev–Trinajstić information content (AvgIpc) is 2.79. The zero-order valence-electron chi connectivity index (χ0n) is 18.4. The van der Waals surface area contributed by atoms with Crippen molar-refractivity contribution in [2.45, 2.75) is 83.2 Å². The van der Waals surface area contributed by atoms with Gasteiger partial charge in [-0.05, 0) is 92.7 Å². The number of hydrogen-bond acceptors (Lipinski definition) is 2. The van der Waals surface area contributed by atoms with Crippen molar-refractivity contribution in [3.8, 4) is 6.07 Å². The summed E-state index contributed by atoms with van der Waals surface area (Å²) in [7, 11) is 0. The van der Waals surface area contributed by atoms with E-state index in [1.165, 1.54) is 74.6 Å². The lowest BCUT2D eigenvalue weighted by molar-refractivity contribution is -0.00337. The molecule has 1 aromatic carbocycles. The van der Waals surface area contributed by atoms with Gasteiger partial charge in [0.15, 0.2) is 5.83 Å². The number of allylic oxidation sites excluding steroid dienone is 4. The molecular formula is C27H36FNO. The van der Waals surface area contributed by atoms with E-state index < -0.39 is 5.83 Å². The smallest absolute Gasteiger partial charge is 0.199 e. The Hall–Kier alpha value is -1.92. The molecule has 30 heavy (non-hydrogen) atoms. The Kier molecular flexibility index (Phi) is 9.15. The lowest BCUT2D eigenvalue weighted by atomic mass is 9.81. The van der Waals surface area contributed by atoms with E-state index in [0.717, 1.165) is 19.4 Å². The topological polar surface area (TPSA) is 33.0 Å². The van der Waals surface area contributed by atoms with Crippen molar-refractivity contribution in [1.29, 1.82) is 5.26 Å². The van der Waals surface area contributed by atoms with Gasteiger partial charge in [0.1, 0.15) is 6.07 Å². The Morgan fingerprint density at radius 2 is 1.77 bits per heavy atom. The second kappa shape index (κ2) is 12.1. The van der Waals surface area contributed by atoms with Gasteiger partial charge in [-0.15, -0.1) is 0 Å². The van der Waals surface area contributed by atoms with E-state index in [-0.39, 0.29) is 0 Å². The summed E-state index contributed by atoms with van der Waals surface area (Å²) in [5.41, 5.74) is 2.96. The molecule has 0 saturated heterocycles. The number of rotatable bonds is 8. The third-order valence-electron chi connectivity index (χ3n) is 6.86. The second-order valence-corrected chi connectivity index (χ2v) is 9.09. The minimum absolute atomic E-state index is 0.428. The molecule has 2 fully saturated rings. The Balaban J connectivity index is 1.33. The van der Waals surface area contributed by atoms with Gasteiger partial charge in [-0.3, -0.25) is 0 Å². The van der Waals surface area contributed by atoms with Gasteiger partial charge in [0.25, 0.3) is 0 Å². The summed E-state index contributed by atoms with van der Waals surface area (Å²) < 4.78 is 19.1. The number of nitriles is 1. The van der Waals surface area contributed by atoms with E-state index >= 15 is 0 Å². The molecule has 0 aliphatic heterocycles. The zero-order chi connectivity index (χ0) is 21.2. The molecule has 0 radical (unpaired) electrons. The van der Waals surface area contributed by atoms with Crippen LogP contribution in [-0.4, -0.2) is 12.7 Å². The van der Waals surface area contributed by atoms with Crippen LogP contribution in [0.1, 0.15) is 81.8 Å². The molecule has 0 amide bonds. The highest BCUT2D eigenvalue weighted by molar-refractivity contribution is 5.26. The largest absolute Gasteiger partial charge is 0.378 e. The molecule has 0 bridgehead atoms. The Morgan fingerprint density at radius 1 is 1.07 bits per heavy atom. The average molecular weight is 410 g/mol. The van der Waals surface area contributed by atoms with Crippen molar-refractivity contribution >= 4 is 0 Å². The van der Waals surface area contributed by atoms with Crippen LogP contribution >= 0.6 is 0 Å². The maximum absolute atomic E-state index is 12.8. The summed E-state index contributed by atoms with van der Waals surface area (Å²) in [4.78, 5) is 0. The van der Waals surface area contributed by atoms with Gasteiger partial charge in [-0.25, -0.2) is 0 Å². The highest BCUT2D eigenvalue weighted by atomic mass is 19.1. The molecule has 2 saturated carbocycles. The minimum Gasteiger partial charge on any atom is -0.378 e. The summed E-state index contributed by atoms with van der Waals surface area (Å²) in [6.45, 7) is 3.12. The van der Waals surface area contributed by atoms with E-state index in [4.69, 9.17) is 10.00 Å². The molecule has 0 spiro atoms. The van der Waals surface area contributed by atoms with Gasteiger partial charge in [-0.2, -0.15) is 9.65 Å². The zero-order valence-corrected chi connectivity index (χ0v) is 18.4. The number of ether oxygens (including phenoxy) is 1. The molecule has 2 aliphatic rings. The lowest BCUT2D eigenvalue weighted by Crippen LogP contribution is -2.25. The molecular weight excluding hydrogens is 373 g/mol. The van der Waals surface area contributed by atoms with Crippen molar-refractivity contribution in [1.82, 2.24) is 0 Å². The fourth-order valence-electron chi connectivity index (χ4n) is 4.96. The van der Waals surface area contributed by atoms with Crippen LogP contribution in [0.4, 0.5) is 4.39 Å². The van der Waals surface area contributed by atoms with E-state index in [0.29, 0.717) is 23.9 Å². The SMILES string of the molecule is CCCc1ccc(C2CCC(OCC3CCC(C=CC=C(F)C#N)CC3)CC2)cc1. The summed E-state index contributed by atoms with van der Waals surface area (Å²) >= 11 is 0. The molecule has 0 atom stereocenters. The van der Waals surface area contributed by atoms with Crippen LogP contribution in [0, 0.1) is 23.2 Å². The van der Waals surface area contributed by atoms with Crippen LogP contribution in [0.2, 0.25) is 0 Å². The quantitative estimate of drug-likeness (QED) is 0.330. The maximum atomic E-state index is 12.8. The monoisotopic (exact) mass is 409 g/mol. The van der Waals surface area contributed by atoms with Crippen molar-refractivity contribution < 1.29 is 9.13 Å². The molecule has 0 unspecified atom stereocenters. The Bertz CT molecular complexity index is 729. The van der Waals surface area contributed by atoms with Crippen LogP contribution in [-0.2, 0) is 11.2 Å². The first-order valence-corrected chi connectivity index (χ1v) is 11.8. The van der Waals surface area contributed by atoms with Crippen LogP contribution in [0.5, 0.6) is 0 Å². The van der Waals surface area contributed by atoms with Gasteiger partial charge in [0, 0.05) is 6.61 Å². The van der Waals surface area contributed by atoms with Gasteiger partial charge < -0.3 is 4.74 Å². The van der Waals surface area contributed by atoms with Crippen molar-refractivity contribution in [3.05, 3.63) is 59.4 Å². The molecule has 1 aromatic rings. The number of halogens is 1. The predicted molar refractivity (Wildman–Crippen MR) is 121 cm³/mol. The maximum Gasteiger partial charge on any atom is 0.199 e. The summed E-state index contributed by atoms with van der Waals surface area (Å²) in [6, 6.07) is 10.8. The number of aryl methyl sites for hydroxylation is 1. The van der Waals surface area contributed by atoms with Crippen LogP contribution in [0.15, 0.2) is 48.3 Å². The summed E-state index contributed by atoms with van der Waals surface area (Å²) in [5.74, 6) is 1.13. The third kappa shape index (κ3) is 7.10. The van der Waals surface area contributed by atoms with Crippen molar-refractivity contribution in [3.63, 3.8) is 0 Å². The van der Waals surface area contributed by atoms with Gasteiger partial charge in [0.2, 0.25) is 0 Å². The van der Waals surface area contributed by atoms with Crippen LogP contribution in [0.25, 0.3) is 0 Å². The molecule has 0 heterocycles. The van der Waals surface area contributed by atoms with E-state index in [2.05, 4.69) is 31.2 Å². The first-order chi connectivity index (χ1) is 14.7. The van der Waals surface area contributed by atoms with Gasteiger partial charge in [0.05, 0.1) is 6.10 Å². The molecule has 2 nitrogen and oxygen atoms in total. The van der Waals surface area contributed by atoms with Crippen LogP contribution < -0.4 is 0 Å². The fraction of sp³-hybridized carbons (Fsp3) is 0.593. The Morgan fingerprint density at radius 3 is 2.40 bits per heavy atom. The second-order valence-electron chi connectivity index (χ2n) is 9.09. The van der Waals surface area contributed by atoms with Crippen molar-refractivity contribution in [2.75, 3.05) is 6.61 Å². The summed E-state index contributed by atoms with van der Waals surface area (Å²) in [5, 5.41) is 8.43. The highest BCUT2D eigenvalue weighted by Gasteiger charge is 2.25. The van der Waals surface area contributed by atoms with Crippen LogP contribution in [0.3, 0.4) is 0 Å². The molecule has 0 N–H and O–H groups in total. The molecule has 3 heteroatoms. The fourth-order valence-corrected chi connectivity index (χ4v) is 4.96. The number of benzene rings is 1. The highest BCUT2D eigenvalue weighted by Crippen LogP contribution is 2.35. The third-order valence-corrected chi connectivity index (χ3v) is 6.86. The standard InChI is InChI=1S/C27H36FNO/c1-2-4-21-11-13-24(14-12-21)25-15-17-27(18-16-25)30-20-23-9-7-22(8-10-23)5-3-6-26(28)19-29/h3,5-6,11-14,22-23,25,27H,2,4,7-10,15-18,20H2,1H3. The normalized spacial score (nSPS) is 27.8. The number of nitrogens with zero attached hydrogens (tertiary/aromatic N) is 1. The first kappa shape index (κ1) is 22.8. The predicted octanol–water partition coefficient (Wildman–Crippen LogP) is 7.42. The number of hydrogen-bond donors (Lipinski definition) is 0. The lowest BCUT2D eigenvalue weighted by Gasteiger charge is -2.32. The molecule has 3 rings (SSSR count). The molecule has 2 aliphatic carbocycles. The molecule has 0 aromatic heterocycles. The van der Waals surface area contributed by atoms with Crippen molar-refractivity contribution in [2.24, 2.45) is 11.8 Å². The first-order valence-electron chi connectivity index (χ1n) is 11.8. The molecule has 162 valence electrons. The van der Waals surface area contributed by atoms with Gasteiger partial charge >= 0.3 is 0 Å². The van der Waals surface area contributed by atoms with E-state index in [1.807, 2.05) is 6.08 Å². The Labute approximate surface area is 181 Å². The van der Waals surface area contributed by atoms with E-state index in [1.54, 1.807) is 6.08 Å². The van der Waals surface area contributed by atoms with Gasteiger partial charge in [-0.1, -0.05) is 49.8 Å². The minimum atomic E-state index is -0.725.